The maximum absolute atomic E-state index is 11.3. The minimum absolute atomic E-state index is 0.222. The smallest absolute Gasteiger partial charge is 0.375 e. The summed E-state index contributed by atoms with van der Waals surface area (Å²) in [4.78, 5) is 17.4. The first-order valence-corrected chi connectivity index (χ1v) is 10.3. The highest BCUT2D eigenvalue weighted by Crippen LogP contribution is 2.45. The standard InChI is InChI=1S/C14H26O6P2/c1-12(2)6-5-7-13(3)8-9-19-10-14(4)20-21(15)11-22(16,17)18/h6,8,14H,5,7,9-11H2,1-4H3,(H-,16,17,18)/p+1. The minimum Gasteiger partial charge on any atom is -0.375 e. The van der Waals surface area contributed by atoms with E-state index in [9.17, 15) is 9.13 Å². The molecule has 22 heavy (non-hydrogen) atoms. The van der Waals surface area contributed by atoms with Crippen molar-refractivity contribution in [1.82, 2.24) is 0 Å². The van der Waals surface area contributed by atoms with Gasteiger partial charge in [-0.1, -0.05) is 23.3 Å². The summed E-state index contributed by atoms with van der Waals surface area (Å²) in [5.74, 6) is -0.754. The third-order valence-electron chi connectivity index (χ3n) is 2.59. The Kier molecular flexibility index (Phi) is 11.0. The van der Waals surface area contributed by atoms with Crippen molar-refractivity contribution in [1.29, 1.82) is 0 Å². The van der Waals surface area contributed by atoms with Crippen molar-refractivity contribution < 1.29 is 28.2 Å². The number of ether oxygens (including phenoxy) is 1. The van der Waals surface area contributed by atoms with E-state index < -0.39 is 27.6 Å². The van der Waals surface area contributed by atoms with Crippen LogP contribution < -0.4 is 0 Å². The Morgan fingerprint density at radius 3 is 2.45 bits per heavy atom. The molecule has 0 saturated carbocycles. The first-order chi connectivity index (χ1) is 10.1. The Hall–Kier alpha value is -0.350. The van der Waals surface area contributed by atoms with Gasteiger partial charge < -0.3 is 14.5 Å². The third-order valence-corrected chi connectivity index (χ3v) is 5.58. The molecule has 0 radical (unpaired) electrons. The van der Waals surface area contributed by atoms with Crippen LogP contribution in [0.2, 0.25) is 0 Å². The van der Waals surface area contributed by atoms with Gasteiger partial charge in [-0.25, -0.2) is 0 Å². The fraction of sp³-hybridized carbons (Fsp3) is 0.714. The molecule has 0 saturated heterocycles. The van der Waals surface area contributed by atoms with Crippen LogP contribution in [0.15, 0.2) is 23.3 Å². The molecule has 0 aliphatic heterocycles. The summed E-state index contributed by atoms with van der Waals surface area (Å²) in [6.07, 6.45) is 5.68. The molecule has 0 aliphatic rings. The molecule has 2 N–H and O–H groups in total. The molecule has 0 aromatic carbocycles. The molecule has 0 rings (SSSR count). The van der Waals surface area contributed by atoms with E-state index in [1.807, 2.05) is 13.0 Å². The third kappa shape index (κ3) is 14.6. The summed E-state index contributed by atoms with van der Waals surface area (Å²) in [7, 11) is -6.68. The summed E-state index contributed by atoms with van der Waals surface area (Å²) < 4.78 is 32.4. The molecule has 0 heterocycles. The Balaban J connectivity index is 3.88. The molecule has 0 aromatic heterocycles. The predicted octanol–water partition coefficient (Wildman–Crippen LogP) is 3.98. The van der Waals surface area contributed by atoms with Crippen LogP contribution in [0.1, 0.15) is 40.5 Å². The number of hydrogen-bond acceptors (Lipinski definition) is 4. The van der Waals surface area contributed by atoms with Crippen LogP contribution in [-0.4, -0.2) is 35.0 Å². The summed E-state index contributed by atoms with van der Waals surface area (Å²) in [6.45, 7) is 8.49. The van der Waals surface area contributed by atoms with E-state index >= 15 is 0 Å². The SMILES string of the molecule is CC(C)=CCCC(C)=CCOCC(C)O[P+](=O)CP(=O)(O)O. The average molecular weight is 353 g/mol. The first-order valence-electron chi connectivity index (χ1n) is 7.13. The Morgan fingerprint density at radius 1 is 1.27 bits per heavy atom. The minimum atomic E-state index is -4.30. The predicted molar refractivity (Wildman–Crippen MR) is 88.3 cm³/mol. The molecular formula is C14H27O6P2+. The zero-order valence-electron chi connectivity index (χ0n) is 13.7. The maximum atomic E-state index is 11.3. The molecule has 0 aliphatic carbocycles. The zero-order valence-corrected chi connectivity index (χ0v) is 15.5. The van der Waals surface area contributed by atoms with Crippen molar-refractivity contribution in [2.45, 2.75) is 46.6 Å². The molecule has 2 atom stereocenters. The summed E-state index contributed by atoms with van der Waals surface area (Å²) >= 11 is 0. The fourth-order valence-corrected chi connectivity index (χ4v) is 3.47. The lowest BCUT2D eigenvalue weighted by atomic mass is 10.1. The lowest BCUT2D eigenvalue weighted by Crippen LogP contribution is -2.13. The van der Waals surface area contributed by atoms with Crippen LogP contribution in [0.25, 0.3) is 0 Å². The van der Waals surface area contributed by atoms with Crippen molar-refractivity contribution in [2.24, 2.45) is 0 Å². The van der Waals surface area contributed by atoms with Gasteiger partial charge >= 0.3 is 15.6 Å². The molecule has 8 heteroatoms. The van der Waals surface area contributed by atoms with Crippen LogP contribution >= 0.6 is 15.6 Å². The first kappa shape index (κ1) is 21.6. The van der Waals surface area contributed by atoms with Crippen LogP contribution in [-0.2, 0) is 18.4 Å². The van der Waals surface area contributed by atoms with E-state index in [0.717, 1.165) is 12.8 Å². The van der Waals surface area contributed by atoms with Crippen LogP contribution in [0.3, 0.4) is 0 Å². The van der Waals surface area contributed by atoms with E-state index in [1.54, 1.807) is 6.92 Å². The number of rotatable bonds is 11. The highest BCUT2D eigenvalue weighted by atomic mass is 31.2. The van der Waals surface area contributed by atoms with Crippen LogP contribution in [0, 0.1) is 0 Å². The molecule has 6 nitrogen and oxygen atoms in total. The second-order valence-electron chi connectivity index (χ2n) is 5.46. The molecule has 0 spiro atoms. The molecule has 0 bridgehead atoms. The molecular weight excluding hydrogens is 326 g/mol. The van der Waals surface area contributed by atoms with Crippen LogP contribution in [0.5, 0.6) is 0 Å². The molecule has 0 fully saturated rings. The lowest BCUT2D eigenvalue weighted by molar-refractivity contribution is 0.0782. The Morgan fingerprint density at radius 2 is 1.91 bits per heavy atom. The average Bonchev–Trinajstić information content (AvgIpc) is 2.31. The summed E-state index contributed by atoms with van der Waals surface area (Å²) in [6, 6.07) is 0. The normalized spacial score (nSPS) is 14.6. The van der Waals surface area contributed by atoms with Crippen molar-refractivity contribution in [3.63, 3.8) is 0 Å². The fourth-order valence-electron chi connectivity index (χ4n) is 1.54. The van der Waals surface area contributed by atoms with Gasteiger partial charge in [-0.3, -0.25) is 4.57 Å². The molecule has 0 aromatic rings. The summed E-state index contributed by atoms with van der Waals surface area (Å²) in [5, 5.41) is 0. The monoisotopic (exact) mass is 353 g/mol. The van der Waals surface area contributed by atoms with Gasteiger partial charge in [-0.15, -0.1) is 4.52 Å². The second kappa shape index (κ2) is 11.2. The number of hydrogen-bond donors (Lipinski definition) is 2. The lowest BCUT2D eigenvalue weighted by Gasteiger charge is -2.06. The largest absolute Gasteiger partial charge is 0.521 e. The van der Waals surface area contributed by atoms with E-state index in [1.165, 1.54) is 11.1 Å². The van der Waals surface area contributed by atoms with E-state index in [4.69, 9.17) is 19.0 Å². The highest BCUT2D eigenvalue weighted by Gasteiger charge is 2.32. The van der Waals surface area contributed by atoms with Gasteiger partial charge in [0, 0.05) is 0 Å². The van der Waals surface area contributed by atoms with Gasteiger partial charge in [0.2, 0.25) is 0 Å². The maximum Gasteiger partial charge on any atom is 0.521 e. The van der Waals surface area contributed by atoms with Gasteiger partial charge in [0.25, 0.3) is 5.90 Å². The van der Waals surface area contributed by atoms with Crippen molar-refractivity contribution in [2.75, 3.05) is 19.1 Å². The van der Waals surface area contributed by atoms with Gasteiger partial charge in [-0.2, -0.15) is 0 Å². The van der Waals surface area contributed by atoms with Crippen molar-refractivity contribution >= 4 is 15.6 Å². The molecule has 0 amide bonds. The van der Waals surface area contributed by atoms with Gasteiger partial charge in [0.15, 0.2) is 0 Å². The van der Waals surface area contributed by atoms with Crippen molar-refractivity contribution in [3.05, 3.63) is 23.3 Å². The van der Waals surface area contributed by atoms with E-state index in [0.29, 0.717) is 6.61 Å². The zero-order chi connectivity index (χ0) is 17.2. The van der Waals surface area contributed by atoms with E-state index in [2.05, 4.69) is 19.9 Å². The highest BCUT2D eigenvalue weighted by molar-refractivity contribution is 7.64. The topological polar surface area (TPSA) is 93.1 Å². The Bertz CT molecular complexity index is 448. The van der Waals surface area contributed by atoms with Crippen molar-refractivity contribution in [3.8, 4) is 0 Å². The van der Waals surface area contributed by atoms with E-state index in [-0.39, 0.29) is 6.61 Å². The quantitative estimate of drug-likeness (QED) is 0.332. The van der Waals surface area contributed by atoms with Gasteiger partial charge in [0.05, 0.1) is 13.2 Å². The Labute approximate surface area is 133 Å². The molecule has 128 valence electrons. The second-order valence-corrected chi connectivity index (χ2v) is 8.80. The summed E-state index contributed by atoms with van der Waals surface area (Å²) in [5.41, 5.74) is 2.54. The molecule has 2 unspecified atom stereocenters. The van der Waals surface area contributed by atoms with Crippen LogP contribution in [0.4, 0.5) is 0 Å². The van der Waals surface area contributed by atoms with Gasteiger partial charge in [0.1, 0.15) is 6.10 Å². The van der Waals surface area contributed by atoms with Gasteiger partial charge in [-0.05, 0) is 45.1 Å². The number of allylic oxidation sites excluding steroid dienone is 3.